The second-order valence-electron chi connectivity index (χ2n) is 4.39. The van der Waals surface area contributed by atoms with Gasteiger partial charge < -0.3 is 5.73 Å². The molecule has 0 amide bonds. The van der Waals surface area contributed by atoms with Gasteiger partial charge in [0.2, 0.25) is 0 Å². The third-order valence-corrected chi connectivity index (χ3v) is 3.99. The molecule has 1 heterocycles. The number of hydrogen-bond acceptors (Lipinski definition) is 6. The van der Waals surface area contributed by atoms with Crippen LogP contribution in [0.5, 0.6) is 0 Å². The van der Waals surface area contributed by atoms with Gasteiger partial charge in [0, 0.05) is 5.69 Å². The molecule has 1 aromatic rings. The molecule has 2 N–H and O–H groups in total. The van der Waals surface area contributed by atoms with Crippen LogP contribution in [0, 0.1) is 11.3 Å². The van der Waals surface area contributed by atoms with E-state index in [1.165, 1.54) is 13.8 Å². The van der Waals surface area contributed by atoms with Crippen molar-refractivity contribution in [2.24, 2.45) is 5.73 Å². The van der Waals surface area contributed by atoms with E-state index < -0.39 is 0 Å². The van der Waals surface area contributed by atoms with Gasteiger partial charge in [-0.15, -0.1) is 0 Å². The van der Waals surface area contributed by atoms with E-state index in [1.54, 1.807) is 17.0 Å². The minimum atomic E-state index is -0.349. The predicted octanol–water partition coefficient (Wildman–Crippen LogP) is 2.28. The summed E-state index contributed by atoms with van der Waals surface area (Å²) in [6.45, 7) is 2.65. The Balaban J connectivity index is 2.68. The van der Waals surface area contributed by atoms with Gasteiger partial charge in [-0.1, -0.05) is 30.0 Å². The van der Waals surface area contributed by atoms with Gasteiger partial charge in [-0.3, -0.25) is 14.5 Å². The lowest BCUT2D eigenvalue weighted by atomic mass is 10.1. The molecular formula is C15H13N3O2S. The highest BCUT2D eigenvalue weighted by atomic mass is 32.2. The minimum Gasteiger partial charge on any atom is -0.383 e. The minimum absolute atomic E-state index is 0.0528. The van der Waals surface area contributed by atoms with Crippen molar-refractivity contribution >= 4 is 29.0 Å². The van der Waals surface area contributed by atoms with Crippen molar-refractivity contribution in [1.29, 1.82) is 5.26 Å². The van der Waals surface area contributed by atoms with Crippen LogP contribution in [-0.4, -0.2) is 11.6 Å². The average molecular weight is 299 g/mol. The Morgan fingerprint density at radius 2 is 1.76 bits per heavy atom. The molecule has 2 rings (SSSR count). The number of nitrogens with zero attached hydrogens (tertiary/aromatic N) is 2. The van der Waals surface area contributed by atoms with E-state index in [4.69, 9.17) is 11.0 Å². The summed E-state index contributed by atoms with van der Waals surface area (Å²) in [5.74, 6) is -0.473. The highest BCUT2D eigenvalue weighted by molar-refractivity contribution is 8.07. The smallest absolute Gasteiger partial charge is 0.166 e. The van der Waals surface area contributed by atoms with Crippen LogP contribution in [-0.2, 0) is 9.59 Å². The van der Waals surface area contributed by atoms with E-state index in [9.17, 15) is 9.59 Å². The fraction of sp³-hybridized carbons (Fsp3) is 0.133. The molecule has 6 heteroatoms. The van der Waals surface area contributed by atoms with Gasteiger partial charge in [0.1, 0.15) is 21.8 Å². The molecule has 0 bridgehead atoms. The largest absolute Gasteiger partial charge is 0.383 e. The van der Waals surface area contributed by atoms with Crippen LogP contribution in [0.25, 0.3) is 0 Å². The van der Waals surface area contributed by atoms with Crippen molar-refractivity contribution in [2.75, 3.05) is 4.90 Å². The van der Waals surface area contributed by atoms with Crippen LogP contribution in [0.3, 0.4) is 0 Å². The fourth-order valence-electron chi connectivity index (χ4n) is 2.03. The maximum atomic E-state index is 11.8. The molecule has 1 aliphatic heterocycles. The summed E-state index contributed by atoms with van der Waals surface area (Å²) in [5.41, 5.74) is 6.75. The number of carbonyl (C=O) groups is 2. The number of benzene rings is 1. The average Bonchev–Trinajstić information content (AvgIpc) is 2.75. The van der Waals surface area contributed by atoms with Crippen molar-refractivity contribution < 1.29 is 9.59 Å². The first-order valence-electron chi connectivity index (χ1n) is 6.16. The first-order valence-corrected chi connectivity index (χ1v) is 6.98. The number of para-hydroxylation sites is 1. The Morgan fingerprint density at radius 3 is 2.24 bits per heavy atom. The van der Waals surface area contributed by atoms with E-state index in [0.717, 1.165) is 11.8 Å². The summed E-state index contributed by atoms with van der Waals surface area (Å²) in [4.78, 5) is 25.4. The summed E-state index contributed by atoms with van der Waals surface area (Å²) >= 11 is 1.04. The maximum absolute atomic E-state index is 11.8. The number of nitrogens with two attached hydrogens (primary N) is 1. The highest BCUT2D eigenvalue weighted by Gasteiger charge is 2.33. The van der Waals surface area contributed by atoms with Gasteiger partial charge in [0.05, 0.1) is 5.57 Å². The lowest BCUT2D eigenvalue weighted by Crippen LogP contribution is -2.25. The van der Waals surface area contributed by atoms with Gasteiger partial charge in [0.15, 0.2) is 11.6 Å². The van der Waals surface area contributed by atoms with Gasteiger partial charge in [-0.2, -0.15) is 5.26 Å². The molecule has 106 valence electrons. The van der Waals surface area contributed by atoms with Crippen molar-refractivity contribution in [1.82, 2.24) is 0 Å². The molecule has 0 unspecified atom stereocenters. The van der Waals surface area contributed by atoms with Crippen LogP contribution >= 0.6 is 11.8 Å². The molecule has 5 nitrogen and oxygen atoms in total. The first kappa shape index (κ1) is 14.9. The molecule has 0 atom stereocenters. The van der Waals surface area contributed by atoms with Gasteiger partial charge >= 0.3 is 0 Å². The van der Waals surface area contributed by atoms with E-state index in [0.29, 0.717) is 10.7 Å². The number of thioether (sulfide) groups is 1. The number of carbonyl (C=O) groups excluding carboxylic acids is 2. The van der Waals surface area contributed by atoms with Crippen molar-refractivity contribution in [2.45, 2.75) is 13.8 Å². The molecule has 0 aromatic heterocycles. The topological polar surface area (TPSA) is 87.2 Å². The normalized spacial score (nSPS) is 14.1. The lowest BCUT2D eigenvalue weighted by Gasteiger charge is -2.22. The first-order chi connectivity index (χ1) is 9.97. The Morgan fingerprint density at radius 1 is 1.19 bits per heavy atom. The van der Waals surface area contributed by atoms with Crippen molar-refractivity contribution in [3.8, 4) is 6.07 Å². The van der Waals surface area contributed by atoms with Crippen molar-refractivity contribution in [3.63, 3.8) is 0 Å². The summed E-state index contributed by atoms with van der Waals surface area (Å²) in [6, 6.07) is 11.1. The summed E-state index contributed by atoms with van der Waals surface area (Å²) in [7, 11) is 0. The third kappa shape index (κ3) is 2.69. The van der Waals surface area contributed by atoms with Crippen LogP contribution < -0.4 is 10.6 Å². The summed E-state index contributed by atoms with van der Waals surface area (Å²) in [6.07, 6.45) is 0. The zero-order valence-electron chi connectivity index (χ0n) is 11.6. The van der Waals surface area contributed by atoms with E-state index >= 15 is 0 Å². The third-order valence-electron chi connectivity index (χ3n) is 2.91. The zero-order chi connectivity index (χ0) is 15.6. The van der Waals surface area contributed by atoms with Crippen LogP contribution in [0.2, 0.25) is 0 Å². The van der Waals surface area contributed by atoms with Gasteiger partial charge in [-0.25, -0.2) is 0 Å². The molecule has 1 aromatic carbocycles. The van der Waals surface area contributed by atoms with E-state index in [-0.39, 0.29) is 27.9 Å². The van der Waals surface area contributed by atoms with Gasteiger partial charge in [-0.05, 0) is 26.0 Å². The monoisotopic (exact) mass is 299 g/mol. The molecule has 21 heavy (non-hydrogen) atoms. The molecule has 0 radical (unpaired) electrons. The molecule has 1 aliphatic rings. The molecule has 0 aliphatic carbocycles. The highest BCUT2D eigenvalue weighted by Crippen LogP contribution is 2.43. The number of rotatable bonds is 3. The standard InChI is InChI=1S/C15H13N3O2S/c1-9(19)13(10(2)20)15-18(11-6-4-3-5-7-11)14(17)12(8-16)21-15/h3-7H,17H2,1-2H3. The summed E-state index contributed by atoms with van der Waals surface area (Å²) in [5, 5.41) is 9.53. The predicted molar refractivity (Wildman–Crippen MR) is 81.7 cm³/mol. The second-order valence-corrected chi connectivity index (χ2v) is 5.39. The quantitative estimate of drug-likeness (QED) is 0.523. The lowest BCUT2D eigenvalue weighted by molar-refractivity contribution is -0.119. The number of ketones is 2. The molecule has 0 spiro atoms. The number of allylic oxidation sites excluding steroid dienone is 2. The Bertz CT molecular complexity index is 698. The molecule has 0 saturated carbocycles. The Hall–Kier alpha value is -2.52. The molecular weight excluding hydrogens is 286 g/mol. The molecule has 0 fully saturated rings. The SMILES string of the molecule is CC(=O)C(C(C)=O)=C1SC(C#N)=C(N)N1c1ccccc1. The second kappa shape index (κ2) is 5.85. The molecule has 0 saturated heterocycles. The van der Waals surface area contributed by atoms with E-state index in [2.05, 4.69) is 0 Å². The van der Waals surface area contributed by atoms with Crippen molar-refractivity contribution in [3.05, 3.63) is 51.7 Å². The van der Waals surface area contributed by atoms with Crippen LogP contribution in [0.15, 0.2) is 51.7 Å². The van der Waals surface area contributed by atoms with Crippen LogP contribution in [0.4, 0.5) is 5.69 Å². The van der Waals surface area contributed by atoms with E-state index in [1.807, 2.05) is 24.3 Å². The van der Waals surface area contributed by atoms with Crippen LogP contribution in [0.1, 0.15) is 13.8 Å². The summed E-state index contributed by atoms with van der Waals surface area (Å²) < 4.78 is 0. The number of anilines is 1. The Labute approximate surface area is 126 Å². The zero-order valence-corrected chi connectivity index (χ0v) is 12.4. The number of nitriles is 1. The van der Waals surface area contributed by atoms with Gasteiger partial charge in [0.25, 0.3) is 0 Å². The maximum Gasteiger partial charge on any atom is 0.166 e. The number of Topliss-reactive ketones (excluding diaryl/α,β-unsaturated/α-hetero) is 2. The Kier molecular flexibility index (Phi) is 4.15. The number of hydrogen-bond donors (Lipinski definition) is 1. The fourth-order valence-corrected chi connectivity index (χ4v) is 3.15.